The Kier molecular flexibility index (Phi) is 3.88. The van der Waals surface area contributed by atoms with Crippen LogP contribution in [-0.2, 0) is 6.42 Å². The van der Waals surface area contributed by atoms with Crippen LogP contribution in [0, 0.1) is 0 Å². The normalized spacial score (nSPS) is 21.6. The molecule has 1 heterocycles. The van der Waals surface area contributed by atoms with E-state index in [-0.39, 0.29) is 0 Å². The smallest absolute Gasteiger partial charge is 0.157 e. The zero-order valence-electron chi connectivity index (χ0n) is 9.81. The summed E-state index contributed by atoms with van der Waals surface area (Å²) in [6, 6.07) is 11.5. The fourth-order valence-electron chi connectivity index (χ4n) is 1.78. The molecule has 0 fully saturated rings. The highest BCUT2D eigenvalue weighted by atomic mass is 32.2. The molecule has 2 unspecified atom stereocenters. The van der Waals surface area contributed by atoms with Crippen LogP contribution in [0.25, 0.3) is 0 Å². The number of amidine groups is 1. The van der Waals surface area contributed by atoms with Crippen molar-refractivity contribution < 1.29 is 0 Å². The molecule has 0 amide bonds. The lowest BCUT2D eigenvalue weighted by atomic mass is 10.1. The Morgan fingerprint density at radius 3 is 2.81 bits per heavy atom. The summed E-state index contributed by atoms with van der Waals surface area (Å²) in [4.78, 5) is 4.54. The van der Waals surface area contributed by atoms with Crippen LogP contribution in [-0.4, -0.2) is 23.0 Å². The Hall–Kier alpha value is -0.960. The molecule has 86 valence electrons. The van der Waals surface area contributed by atoms with Gasteiger partial charge in [0.2, 0.25) is 0 Å². The topological polar surface area (TPSA) is 24.4 Å². The quantitative estimate of drug-likeness (QED) is 0.869. The van der Waals surface area contributed by atoms with Crippen molar-refractivity contribution in [3.63, 3.8) is 0 Å². The van der Waals surface area contributed by atoms with E-state index >= 15 is 0 Å². The third kappa shape index (κ3) is 3.27. The van der Waals surface area contributed by atoms with Gasteiger partial charge in [0.05, 0.1) is 6.04 Å². The molecule has 0 bridgehead atoms. The molecule has 0 spiro atoms. The molecule has 3 heteroatoms. The highest BCUT2D eigenvalue weighted by Gasteiger charge is 2.15. The van der Waals surface area contributed by atoms with Crippen molar-refractivity contribution in [2.45, 2.75) is 32.4 Å². The lowest BCUT2D eigenvalue weighted by Crippen LogP contribution is -2.31. The van der Waals surface area contributed by atoms with E-state index in [0.29, 0.717) is 12.1 Å². The average Bonchev–Trinajstić information content (AvgIpc) is 2.65. The van der Waals surface area contributed by atoms with Gasteiger partial charge in [-0.05, 0) is 25.8 Å². The maximum absolute atomic E-state index is 4.54. The van der Waals surface area contributed by atoms with Crippen LogP contribution >= 0.6 is 11.8 Å². The van der Waals surface area contributed by atoms with Gasteiger partial charge in [-0.2, -0.15) is 0 Å². The lowest BCUT2D eigenvalue weighted by molar-refractivity contribution is 0.663. The molecule has 1 aliphatic heterocycles. The number of rotatable bonds is 3. The summed E-state index contributed by atoms with van der Waals surface area (Å²) in [6.07, 6.45) is 1.05. The molecule has 0 aromatic heterocycles. The highest BCUT2D eigenvalue weighted by molar-refractivity contribution is 8.14. The Morgan fingerprint density at radius 1 is 1.44 bits per heavy atom. The van der Waals surface area contributed by atoms with Gasteiger partial charge in [-0.1, -0.05) is 42.1 Å². The number of hydrogen-bond donors (Lipinski definition) is 1. The molecule has 0 aliphatic carbocycles. The zero-order chi connectivity index (χ0) is 11.4. The van der Waals surface area contributed by atoms with Crippen molar-refractivity contribution in [2.75, 3.05) is 5.75 Å². The van der Waals surface area contributed by atoms with Crippen LogP contribution in [0.3, 0.4) is 0 Å². The van der Waals surface area contributed by atoms with Gasteiger partial charge in [-0.3, -0.25) is 4.99 Å². The molecule has 0 saturated heterocycles. The molecule has 0 radical (unpaired) electrons. The van der Waals surface area contributed by atoms with E-state index in [1.54, 1.807) is 0 Å². The van der Waals surface area contributed by atoms with E-state index in [0.717, 1.165) is 17.3 Å². The predicted octanol–water partition coefficient (Wildman–Crippen LogP) is 2.70. The summed E-state index contributed by atoms with van der Waals surface area (Å²) in [5.41, 5.74) is 1.37. The van der Waals surface area contributed by atoms with E-state index in [4.69, 9.17) is 0 Å². The van der Waals surface area contributed by atoms with E-state index in [1.165, 1.54) is 5.56 Å². The molecule has 2 nitrogen and oxygen atoms in total. The SMILES string of the molecule is CC1CSC(NC(C)Cc2ccccc2)=N1. The first-order valence-corrected chi connectivity index (χ1v) is 6.73. The van der Waals surface area contributed by atoms with Gasteiger partial charge in [0, 0.05) is 11.8 Å². The number of nitrogens with zero attached hydrogens (tertiary/aromatic N) is 1. The summed E-state index contributed by atoms with van der Waals surface area (Å²) in [5, 5.41) is 4.58. The summed E-state index contributed by atoms with van der Waals surface area (Å²) in [6.45, 7) is 4.36. The standard InChI is InChI=1S/C13H18N2S/c1-10(8-12-6-4-3-5-7-12)14-13-15-11(2)9-16-13/h3-7,10-11H,8-9H2,1-2H3,(H,14,15). The molecule has 0 saturated carbocycles. The first-order chi connectivity index (χ1) is 7.74. The molecule has 2 atom stereocenters. The van der Waals surface area contributed by atoms with Gasteiger partial charge in [0.15, 0.2) is 5.17 Å². The second kappa shape index (κ2) is 5.39. The molecule has 16 heavy (non-hydrogen) atoms. The zero-order valence-corrected chi connectivity index (χ0v) is 10.6. The monoisotopic (exact) mass is 234 g/mol. The molecule has 1 N–H and O–H groups in total. The Balaban J connectivity index is 1.85. The minimum Gasteiger partial charge on any atom is -0.362 e. The molecule has 1 aromatic carbocycles. The van der Waals surface area contributed by atoms with Gasteiger partial charge in [0.1, 0.15) is 0 Å². The van der Waals surface area contributed by atoms with E-state index in [2.05, 4.69) is 54.5 Å². The van der Waals surface area contributed by atoms with E-state index in [1.807, 2.05) is 11.8 Å². The van der Waals surface area contributed by atoms with Crippen molar-refractivity contribution in [3.05, 3.63) is 35.9 Å². The Labute approximate surface area is 102 Å². The Morgan fingerprint density at radius 2 is 2.19 bits per heavy atom. The molecule has 1 aliphatic rings. The van der Waals surface area contributed by atoms with Gasteiger partial charge in [-0.15, -0.1) is 0 Å². The van der Waals surface area contributed by atoms with Crippen LogP contribution in [0.4, 0.5) is 0 Å². The van der Waals surface area contributed by atoms with Crippen LogP contribution < -0.4 is 5.32 Å². The minimum atomic E-state index is 0.443. The first kappa shape index (κ1) is 11.5. The van der Waals surface area contributed by atoms with Crippen LogP contribution in [0.15, 0.2) is 35.3 Å². The second-order valence-electron chi connectivity index (χ2n) is 4.33. The van der Waals surface area contributed by atoms with Gasteiger partial charge in [0.25, 0.3) is 0 Å². The van der Waals surface area contributed by atoms with Crippen LogP contribution in [0.2, 0.25) is 0 Å². The number of nitrogens with one attached hydrogen (secondary N) is 1. The van der Waals surface area contributed by atoms with Crippen molar-refractivity contribution in [3.8, 4) is 0 Å². The third-order valence-electron chi connectivity index (χ3n) is 2.55. The maximum atomic E-state index is 4.54. The van der Waals surface area contributed by atoms with Gasteiger partial charge < -0.3 is 5.32 Å². The summed E-state index contributed by atoms with van der Waals surface area (Å²) >= 11 is 1.83. The first-order valence-electron chi connectivity index (χ1n) is 5.75. The van der Waals surface area contributed by atoms with E-state index < -0.39 is 0 Å². The van der Waals surface area contributed by atoms with Crippen molar-refractivity contribution in [1.29, 1.82) is 0 Å². The fraction of sp³-hybridized carbons (Fsp3) is 0.462. The minimum absolute atomic E-state index is 0.443. The highest BCUT2D eigenvalue weighted by Crippen LogP contribution is 2.16. The number of hydrogen-bond acceptors (Lipinski definition) is 3. The predicted molar refractivity (Wildman–Crippen MR) is 72.1 cm³/mol. The average molecular weight is 234 g/mol. The third-order valence-corrected chi connectivity index (χ3v) is 3.70. The molecule has 1 aromatic rings. The molecular formula is C13H18N2S. The van der Waals surface area contributed by atoms with Gasteiger partial charge in [-0.25, -0.2) is 0 Å². The number of thioether (sulfide) groups is 1. The van der Waals surface area contributed by atoms with Gasteiger partial charge >= 0.3 is 0 Å². The lowest BCUT2D eigenvalue weighted by Gasteiger charge is -2.14. The largest absolute Gasteiger partial charge is 0.362 e. The van der Waals surface area contributed by atoms with Crippen molar-refractivity contribution >= 4 is 16.9 Å². The number of aliphatic imine (C=N–C) groups is 1. The second-order valence-corrected chi connectivity index (χ2v) is 5.34. The summed E-state index contributed by atoms with van der Waals surface area (Å²) < 4.78 is 0. The Bertz CT molecular complexity index is 361. The summed E-state index contributed by atoms with van der Waals surface area (Å²) in [5.74, 6) is 1.11. The van der Waals surface area contributed by atoms with E-state index in [9.17, 15) is 0 Å². The van der Waals surface area contributed by atoms with Crippen molar-refractivity contribution in [2.24, 2.45) is 4.99 Å². The molecular weight excluding hydrogens is 216 g/mol. The molecule has 2 rings (SSSR count). The van der Waals surface area contributed by atoms with Crippen LogP contribution in [0.1, 0.15) is 19.4 Å². The van der Waals surface area contributed by atoms with Crippen molar-refractivity contribution in [1.82, 2.24) is 5.32 Å². The fourth-order valence-corrected chi connectivity index (χ4v) is 2.80. The number of benzene rings is 1. The van der Waals surface area contributed by atoms with Crippen LogP contribution in [0.5, 0.6) is 0 Å². The maximum Gasteiger partial charge on any atom is 0.157 e. The summed E-state index contributed by atoms with van der Waals surface area (Å²) in [7, 11) is 0.